The summed E-state index contributed by atoms with van der Waals surface area (Å²) in [4.78, 5) is 26.6. The Kier molecular flexibility index (Phi) is 5.20. The second-order valence-electron chi connectivity index (χ2n) is 7.63. The molecule has 3 atom stereocenters. The SMILES string of the molecule is O=C(c1ccc2ccccc2c1)C1CCCN(CC2CNNC2C(=O)O)C1. The molecule has 2 aliphatic heterocycles. The zero-order chi connectivity index (χ0) is 18.8. The molecule has 2 fully saturated rings. The van der Waals surface area contributed by atoms with Gasteiger partial charge in [0.2, 0.25) is 0 Å². The molecule has 6 nitrogen and oxygen atoms in total. The molecule has 0 radical (unpaired) electrons. The molecular weight excluding hydrogens is 342 g/mol. The van der Waals surface area contributed by atoms with E-state index in [-0.39, 0.29) is 17.6 Å². The predicted molar refractivity (Wildman–Crippen MR) is 103 cm³/mol. The molecule has 6 heteroatoms. The van der Waals surface area contributed by atoms with Gasteiger partial charge in [-0.15, -0.1) is 0 Å². The van der Waals surface area contributed by atoms with Gasteiger partial charge in [-0.3, -0.25) is 15.0 Å². The summed E-state index contributed by atoms with van der Waals surface area (Å²) in [7, 11) is 0. The van der Waals surface area contributed by atoms with E-state index in [0.29, 0.717) is 19.6 Å². The number of carbonyl (C=O) groups is 2. The van der Waals surface area contributed by atoms with Crippen molar-refractivity contribution in [2.45, 2.75) is 18.9 Å². The molecule has 0 bridgehead atoms. The van der Waals surface area contributed by atoms with Crippen LogP contribution in [0, 0.1) is 11.8 Å². The van der Waals surface area contributed by atoms with Crippen molar-refractivity contribution < 1.29 is 14.7 Å². The largest absolute Gasteiger partial charge is 0.480 e. The smallest absolute Gasteiger partial charge is 0.322 e. The number of benzene rings is 2. The summed E-state index contributed by atoms with van der Waals surface area (Å²) < 4.78 is 0. The van der Waals surface area contributed by atoms with Gasteiger partial charge in [-0.2, -0.15) is 0 Å². The number of likely N-dealkylation sites (tertiary alicyclic amines) is 1. The lowest BCUT2D eigenvalue weighted by Crippen LogP contribution is -2.46. The molecule has 2 aromatic rings. The molecule has 0 aliphatic carbocycles. The monoisotopic (exact) mass is 367 g/mol. The molecule has 3 N–H and O–H groups in total. The van der Waals surface area contributed by atoms with Crippen molar-refractivity contribution in [3.05, 3.63) is 48.0 Å². The third-order valence-corrected chi connectivity index (χ3v) is 5.76. The Labute approximate surface area is 158 Å². The average molecular weight is 367 g/mol. The lowest BCUT2D eigenvalue weighted by Gasteiger charge is -2.34. The molecule has 2 saturated heterocycles. The highest BCUT2D eigenvalue weighted by Gasteiger charge is 2.35. The number of carboxylic acids is 1. The maximum absolute atomic E-state index is 13.1. The Balaban J connectivity index is 1.44. The van der Waals surface area contributed by atoms with Crippen molar-refractivity contribution in [3.8, 4) is 0 Å². The van der Waals surface area contributed by atoms with E-state index in [1.807, 2.05) is 36.4 Å². The number of fused-ring (bicyclic) bond motifs is 1. The van der Waals surface area contributed by atoms with Crippen LogP contribution in [0.15, 0.2) is 42.5 Å². The molecule has 3 unspecified atom stereocenters. The van der Waals surface area contributed by atoms with Crippen LogP contribution in [0.25, 0.3) is 10.8 Å². The Hall–Kier alpha value is -2.28. The molecular formula is C21H25N3O3. The van der Waals surface area contributed by atoms with Crippen LogP contribution in [0.1, 0.15) is 23.2 Å². The van der Waals surface area contributed by atoms with E-state index in [0.717, 1.165) is 35.7 Å². The molecule has 27 heavy (non-hydrogen) atoms. The summed E-state index contributed by atoms with van der Waals surface area (Å²) in [6, 6.07) is 13.4. The zero-order valence-electron chi connectivity index (χ0n) is 15.2. The maximum Gasteiger partial charge on any atom is 0.322 e. The summed E-state index contributed by atoms with van der Waals surface area (Å²) >= 11 is 0. The van der Waals surface area contributed by atoms with Gasteiger partial charge in [-0.05, 0) is 36.2 Å². The highest BCUT2D eigenvalue weighted by Crippen LogP contribution is 2.24. The van der Waals surface area contributed by atoms with Crippen LogP contribution in [0.2, 0.25) is 0 Å². The maximum atomic E-state index is 13.1. The number of aliphatic carboxylic acids is 1. The minimum Gasteiger partial charge on any atom is -0.480 e. The van der Waals surface area contributed by atoms with E-state index in [2.05, 4.69) is 21.8 Å². The second kappa shape index (κ2) is 7.76. The average Bonchev–Trinajstić information content (AvgIpc) is 3.15. The Morgan fingerprint density at radius 3 is 2.78 bits per heavy atom. The Bertz CT molecular complexity index is 853. The molecule has 0 amide bonds. The van der Waals surface area contributed by atoms with Gasteiger partial charge >= 0.3 is 5.97 Å². The number of ketones is 1. The standard InChI is InChI=1S/C21H25N3O3/c25-20(16-8-7-14-4-1-2-5-15(14)10-16)17-6-3-9-24(12-17)13-18-11-22-23-19(18)21(26)27/h1-2,4-5,7-8,10,17-19,22-23H,3,6,9,11-13H2,(H,26,27). The van der Waals surface area contributed by atoms with Gasteiger partial charge in [0.15, 0.2) is 5.78 Å². The second-order valence-corrected chi connectivity index (χ2v) is 7.63. The molecule has 4 rings (SSSR count). The van der Waals surface area contributed by atoms with E-state index in [4.69, 9.17) is 0 Å². The first-order valence-corrected chi connectivity index (χ1v) is 9.58. The van der Waals surface area contributed by atoms with Crippen LogP contribution in [-0.4, -0.2) is 54.0 Å². The highest BCUT2D eigenvalue weighted by atomic mass is 16.4. The van der Waals surface area contributed by atoms with Gasteiger partial charge in [0.25, 0.3) is 0 Å². The summed E-state index contributed by atoms with van der Waals surface area (Å²) in [5.41, 5.74) is 6.55. The van der Waals surface area contributed by atoms with E-state index in [9.17, 15) is 14.7 Å². The van der Waals surface area contributed by atoms with E-state index >= 15 is 0 Å². The minimum absolute atomic E-state index is 0.0111. The number of piperidine rings is 1. The number of hydrogen-bond acceptors (Lipinski definition) is 5. The molecule has 0 spiro atoms. The highest BCUT2D eigenvalue weighted by molar-refractivity contribution is 6.01. The number of hydrogen-bond donors (Lipinski definition) is 3. The zero-order valence-corrected chi connectivity index (χ0v) is 15.2. The van der Waals surface area contributed by atoms with Crippen LogP contribution in [0.4, 0.5) is 0 Å². The number of hydrazine groups is 1. The van der Waals surface area contributed by atoms with E-state index < -0.39 is 12.0 Å². The fourth-order valence-electron chi connectivity index (χ4n) is 4.31. The normalized spacial score (nSPS) is 26.3. The summed E-state index contributed by atoms with van der Waals surface area (Å²) in [5.74, 6) is -0.642. The van der Waals surface area contributed by atoms with Crippen molar-refractivity contribution in [2.24, 2.45) is 11.8 Å². The topological polar surface area (TPSA) is 81.7 Å². The Morgan fingerprint density at radius 2 is 1.96 bits per heavy atom. The molecule has 0 aromatic heterocycles. The molecule has 142 valence electrons. The number of Topliss-reactive ketones (excluding diaryl/α,β-unsaturated/α-hetero) is 1. The van der Waals surface area contributed by atoms with Gasteiger partial charge in [0.1, 0.15) is 6.04 Å². The summed E-state index contributed by atoms with van der Waals surface area (Å²) in [5, 5.41) is 11.5. The molecule has 2 heterocycles. The number of carbonyl (C=O) groups excluding carboxylic acids is 1. The first-order valence-electron chi connectivity index (χ1n) is 9.58. The third-order valence-electron chi connectivity index (χ3n) is 5.76. The number of nitrogens with one attached hydrogen (secondary N) is 2. The van der Waals surface area contributed by atoms with Crippen LogP contribution in [0.5, 0.6) is 0 Å². The quantitative estimate of drug-likeness (QED) is 0.701. The van der Waals surface area contributed by atoms with Crippen LogP contribution < -0.4 is 10.9 Å². The fraction of sp³-hybridized carbons (Fsp3) is 0.429. The third kappa shape index (κ3) is 3.88. The van der Waals surface area contributed by atoms with Crippen molar-refractivity contribution in [3.63, 3.8) is 0 Å². The molecule has 0 saturated carbocycles. The summed E-state index contributed by atoms with van der Waals surface area (Å²) in [6.07, 6.45) is 1.86. The molecule has 2 aromatic carbocycles. The van der Waals surface area contributed by atoms with Crippen molar-refractivity contribution in [1.82, 2.24) is 15.8 Å². The number of nitrogens with zero attached hydrogens (tertiary/aromatic N) is 1. The van der Waals surface area contributed by atoms with Gasteiger partial charge in [0.05, 0.1) is 0 Å². The molecule has 2 aliphatic rings. The predicted octanol–water partition coefficient (Wildman–Crippen LogP) is 1.91. The van der Waals surface area contributed by atoms with E-state index in [1.165, 1.54) is 0 Å². The lowest BCUT2D eigenvalue weighted by atomic mass is 9.88. The number of carboxylic acid groups (broad SMARTS) is 1. The lowest BCUT2D eigenvalue weighted by molar-refractivity contribution is -0.140. The van der Waals surface area contributed by atoms with Crippen LogP contribution in [-0.2, 0) is 4.79 Å². The van der Waals surface area contributed by atoms with Crippen molar-refractivity contribution in [1.29, 1.82) is 0 Å². The van der Waals surface area contributed by atoms with Gasteiger partial charge in [-0.25, -0.2) is 5.43 Å². The fourth-order valence-corrected chi connectivity index (χ4v) is 4.31. The van der Waals surface area contributed by atoms with E-state index in [1.54, 1.807) is 0 Å². The summed E-state index contributed by atoms with van der Waals surface area (Å²) in [6.45, 7) is 2.95. The Morgan fingerprint density at radius 1 is 1.15 bits per heavy atom. The van der Waals surface area contributed by atoms with Gasteiger partial charge in [0, 0.05) is 37.0 Å². The van der Waals surface area contributed by atoms with Crippen molar-refractivity contribution >= 4 is 22.5 Å². The van der Waals surface area contributed by atoms with Crippen LogP contribution >= 0.6 is 0 Å². The minimum atomic E-state index is -0.828. The van der Waals surface area contributed by atoms with Crippen molar-refractivity contribution in [2.75, 3.05) is 26.2 Å². The van der Waals surface area contributed by atoms with Gasteiger partial charge < -0.3 is 10.0 Å². The van der Waals surface area contributed by atoms with Gasteiger partial charge in [-0.1, -0.05) is 36.4 Å². The number of rotatable bonds is 5. The first kappa shape index (κ1) is 18.1. The first-order chi connectivity index (χ1) is 13.1. The van der Waals surface area contributed by atoms with Crippen LogP contribution in [0.3, 0.4) is 0 Å².